The Morgan fingerprint density at radius 1 is 1.06 bits per heavy atom. The Morgan fingerprint density at radius 3 is 2.47 bits per heavy atom. The van der Waals surface area contributed by atoms with Crippen molar-refractivity contribution in [3.8, 4) is 0 Å². The van der Waals surface area contributed by atoms with Crippen LogP contribution in [0, 0.1) is 6.92 Å². The largest absolute Gasteiger partial charge is 0.326 e. The maximum absolute atomic E-state index is 13.3. The molecule has 2 N–H and O–H groups in total. The maximum atomic E-state index is 13.3. The van der Waals surface area contributed by atoms with E-state index in [0.717, 1.165) is 15.8 Å². The summed E-state index contributed by atoms with van der Waals surface area (Å²) in [7, 11) is -3.98. The molecule has 0 spiro atoms. The van der Waals surface area contributed by atoms with Gasteiger partial charge in [0.25, 0.3) is 5.56 Å². The smallest absolute Gasteiger partial charge is 0.282 e. The van der Waals surface area contributed by atoms with Gasteiger partial charge in [-0.3, -0.25) is 9.59 Å². The van der Waals surface area contributed by atoms with Gasteiger partial charge in [-0.25, -0.2) is 18.1 Å². The Bertz CT molecular complexity index is 1630. The third-order valence-corrected chi connectivity index (χ3v) is 6.90. The molecule has 0 bridgehead atoms. The first kappa shape index (κ1) is 25.0. The first-order valence-corrected chi connectivity index (χ1v) is 12.6. The van der Waals surface area contributed by atoms with Crippen molar-refractivity contribution in [2.45, 2.75) is 31.7 Å². The zero-order valence-corrected chi connectivity index (χ0v) is 20.8. The lowest BCUT2D eigenvalue weighted by Gasteiger charge is -2.17. The molecule has 1 aromatic heterocycles. The summed E-state index contributed by atoms with van der Waals surface area (Å²) in [6, 6.07) is 19.3. The topological polar surface area (TPSA) is 123 Å². The van der Waals surface area contributed by atoms with Gasteiger partial charge < -0.3 is 5.32 Å². The molecule has 9 nitrogen and oxygen atoms in total. The third kappa shape index (κ3) is 5.56. The van der Waals surface area contributed by atoms with E-state index in [0.29, 0.717) is 16.6 Å². The van der Waals surface area contributed by atoms with Gasteiger partial charge in [-0.15, -0.1) is 0 Å². The number of amides is 1. The van der Waals surface area contributed by atoms with E-state index in [4.69, 9.17) is 0 Å². The molecule has 184 valence electrons. The second-order valence-corrected chi connectivity index (χ2v) is 10.0. The quantitative estimate of drug-likeness (QED) is 0.373. The third-order valence-electron chi connectivity index (χ3n) is 5.35. The van der Waals surface area contributed by atoms with Crippen molar-refractivity contribution >= 4 is 38.7 Å². The van der Waals surface area contributed by atoms with E-state index in [1.165, 1.54) is 37.4 Å². The van der Waals surface area contributed by atoms with Gasteiger partial charge in [0.05, 0.1) is 28.1 Å². The van der Waals surface area contributed by atoms with Crippen LogP contribution in [0.1, 0.15) is 36.8 Å². The lowest BCUT2D eigenvalue weighted by molar-refractivity contribution is -0.114. The van der Waals surface area contributed by atoms with Crippen LogP contribution >= 0.6 is 0 Å². The highest BCUT2D eigenvalue weighted by molar-refractivity contribution is 7.89. The molecule has 36 heavy (non-hydrogen) atoms. The van der Waals surface area contributed by atoms with Crippen molar-refractivity contribution < 1.29 is 13.2 Å². The highest BCUT2D eigenvalue weighted by Gasteiger charge is 2.23. The van der Waals surface area contributed by atoms with Gasteiger partial charge in [0, 0.05) is 12.6 Å². The molecule has 1 atom stereocenters. The Morgan fingerprint density at radius 2 is 1.78 bits per heavy atom. The number of fused-ring (bicyclic) bond motifs is 1. The lowest BCUT2D eigenvalue weighted by atomic mass is 10.2. The van der Waals surface area contributed by atoms with Crippen molar-refractivity contribution in [1.29, 1.82) is 0 Å². The number of nitrogens with one attached hydrogen (secondary N) is 2. The molecule has 1 amide bonds. The summed E-state index contributed by atoms with van der Waals surface area (Å²) in [5.41, 5.74) is 2.32. The number of rotatable bonds is 7. The Hall–Kier alpha value is -4.15. The number of hydrogen-bond donors (Lipinski definition) is 2. The van der Waals surface area contributed by atoms with Gasteiger partial charge in [-0.2, -0.15) is 9.78 Å². The second kappa shape index (κ2) is 10.2. The zero-order chi connectivity index (χ0) is 25.9. The molecule has 4 rings (SSSR count). The monoisotopic (exact) mass is 503 g/mol. The Kier molecular flexibility index (Phi) is 7.09. The van der Waals surface area contributed by atoms with Crippen molar-refractivity contribution in [3.63, 3.8) is 0 Å². The predicted molar refractivity (Wildman–Crippen MR) is 140 cm³/mol. The molecule has 0 aliphatic rings. The zero-order valence-electron chi connectivity index (χ0n) is 20.0. The molecule has 3 aromatic carbocycles. The molecule has 0 saturated heterocycles. The van der Waals surface area contributed by atoms with E-state index in [1.807, 2.05) is 31.2 Å². The summed E-state index contributed by atoms with van der Waals surface area (Å²) >= 11 is 0. The lowest BCUT2D eigenvalue weighted by Crippen LogP contribution is -2.32. The van der Waals surface area contributed by atoms with Crippen LogP contribution in [0.25, 0.3) is 10.9 Å². The van der Waals surface area contributed by atoms with Crippen molar-refractivity contribution in [1.82, 2.24) is 14.4 Å². The number of para-hydroxylation sites is 1. The number of nitrogens with zero attached hydrogens (tertiary/aromatic N) is 3. The molecule has 0 radical (unpaired) electrons. The van der Waals surface area contributed by atoms with E-state index in [1.54, 1.807) is 31.2 Å². The summed E-state index contributed by atoms with van der Waals surface area (Å²) in [5, 5.41) is 7.33. The maximum Gasteiger partial charge on any atom is 0.282 e. The fourth-order valence-corrected chi connectivity index (χ4v) is 4.88. The number of aromatic nitrogens is 2. The normalized spacial score (nSPS) is 12.6. The molecule has 0 aliphatic heterocycles. The summed E-state index contributed by atoms with van der Waals surface area (Å²) < 4.78 is 29.8. The van der Waals surface area contributed by atoms with Crippen LogP contribution < -0.4 is 15.6 Å². The number of benzene rings is 3. The molecule has 0 aliphatic carbocycles. The summed E-state index contributed by atoms with van der Waals surface area (Å²) in [6.07, 6.45) is 1.54. The average Bonchev–Trinajstić information content (AvgIpc) is 2.83. The van der Waals surface area contributed by atoms with Crippen LogP contribution in [0.3, 0.4) is 0 Å². The van der Waals surface area contributed by atoms with Crippen LogP contribution in [-0.2, 0) is 14.8 Å². The number of anilines is 1. The molecule has 10 heteroatoms. The van der Waals surface area contributed by atoms with Gasteiger partial charge in [-0.05, 0) is 55.8 Å². The molecule has 1 unspecified atom stereocenters. The molecule has 1 heterocycles. The molecule has 0 fully saturated rings. The molecule has 4 aromatic rings. The SMILES string of the molecule is CC(=O)Nc1ccc(S(=O)(=O)NC(C)c2nc3ccccc3c(=O)n2/N=C/c2cccc(C)c2)cc1. The number of carbonyl (C=O) groups excluding carboxylic acids is 1. The minimum atomic E-state index is -3.98. The van der Waals surface area contributed by atoms with Gasteiger partial charge in [-0.1, -0.05) is 42.0 Å². The van der Waals surface area contributed by atoms with Gasteiger partial charge in [0.2, 0.25) is 15.9 Å². The molecular weight excluding hydrogens is 478 g/mol. The van der Waals surface area contributed by atoms with Crippen LogP contribution in [-0.4, -0.2) is 30.2 Å². The fraction of sp³-hybridized carbons (Fsp3) is 0.154. The number of carbonyl (C=O) groups is 1. The number of aryl methyl sites for hydroxylation is 1. The Balaban J connectivity index is 1.72. The van der Waals surface area contributed by atoms with Gasteiger partial charge >= 0.3 is 0 Å². The van der Waals surface area contributed by atoms with Gasteiger partial charge in [0.1, 0.15) is 0 Å². The van der Waals surface area contributed by atoms with E-state index in [-0.39, 0.29) is 16.6 Å². The predicted octanol–water partition coefficient (Wildman–Crippen LogP) is 3.59. The fourth-order valence-electron chi connectivity index (χ4n) is 3.68. The van der Waals surface area contributed by atoms with Crippen LogP contribution in [0.4, 0.5) is 5.69 Å². The van der Waals surface area contributed by atoms with Gasteiger partial charge in [0.15, 0.2) is 5.82 Å². The van der Waals surface area contributed by atoms with Crippen LogP contribution in [0.15, 0.2) is 87.6 Å². The average molecular weight is 504 g/mol. The minimum Gasteiger partial charge on any atom is -0.326 e. The highest BCUT2D eigenvalue weighted by Crippen LogP contribution is 2.19. The summed E-state index contributed by atoms with van der Waals surface area (Å²) in [5.74, 6) is -0.120. The summed E-state index contributed by atoms with van der Waals surface area (Å²) in [4.78, 5) is 29.1. The highest BCUT2D eigenvalue weighted by atomic mass is 32.2. The number of hydrogen-bond acceptors (Lipinski definition) is 6. The van der Waals surface area contributed by atoms with E-state index >= 15 is 0 Å². The Labute approximate surface area is 208 Å². The van der Waals surface area contributed by atoms with Crippen molar-refractivity contribution in [2.24, 2.45) is 5.10 Å². The second-order valence-electron chi connectivity index (χ2n) is 8.31. The van der Waals surface area contributed by atoms with Crippen molar-refractivity contribution in [3.05, 3.63) is 100 Å². The van der Waals surface area contributed by atoms with Crippen LogP contribution in [0.5, 0.6) is 0 Å². The summed E-state index contributed by atoms with van der Waals surface area (Å²) in [6.45, 7) is 4.91. The van der Waals surface area contributed by atoms with E-state index in [9.17, 15) is 18.0 Å². The standard InChI is InChI=1S/C26H25N5O4S/c1-17-7-6-8-20(15-17)16-27-31-25(29-24-10-5-4-9-23(24)26(31)33)18(2)30-36(34,35)22-13-11-21(12-14-22)28-19(3)32/h4-16,18,30H,1-3H3,(H,28,32)/b27-16+. The molecule has 0 saturated carbocycles. The molecular formula is C26H25N5O4S. The first-order chi connectivity index (χ1) is 17.1. The van der Waals surface area contributed by atoms with E-state index < -0.39 is 21.6 Å². The first-order valence-electron chi connectivity index (χ1n) is 11.2. The van der Waals surface area contributed by atoms with Crippen LogP contribution in [0.2, 0.25) is 0 Å². The van der Waals surface area contributed by atoms with E-state index in [2.05, 4.69) is 20.1 Å². The van der Waals surface area contributed by atoms with Crippen molar-refractivity contribution in [2.75, 3.05) is 5.32 Å². The number of sulfonamides is 1. The minimum absolute atomic E-state index is 0.00130.